The molecule has 0 aromatic heterocycles. The molecule has 0 aliphatic rings. The van der Waals surface area contributed by atoms with E-state index in [1.807, 2.05) is 0 Å². The Morgan fingerprint density at radius 2 is 2.10 bits per heavy atom. The van der Waals surface area contributed by atoms with Gasteiger partial charge in [0.15, 0.2) is 9.84 Å². The molecule has 5 nitrogen and oxygen atoms in total. The van der Waals surface area contributed by atoms with Crippen LogP contribution in [0, 0.1) is 0 Å². The van der Waals surface area contributed by atoms with Crippen LogP contribution in [-0.2, 0) is 14.6 Å². The predicted octanol–water partition coefficient (Wildman–Crippen LogP) is 2.64. The molecule has 1 aromatic rings. The Hall–Kier alpha value is -1.53. The SMILES string of the molecule is CCCS(=O)(=O)CCOc1c(Cl)cccc1/C=C/C(=O)O. The highest BCUT2D eigenvalue weighted by atomic mass is 35.5. The molecule has 0 heterocycles. The van der Waals surface area contributed by atoms with Gasteiger partial charge in [0.05, 0.1) is 16.5 Å². The third-order valence-electron chi connectivity index (χ3n) is 2.56. The number of hydrogen-bond donors (Lipinski definition) is 1. The molecule has 0 spiro atoms. The lowest BCUT2D eigenvalue weighted by Crippen LogP contribution is -2.17. The van der Waals surface area contributed by atoms with E-state index in [0.717, 1.165) is 6.08 Å². The summed E-state index contributed by atoms with van der Waals surface area (Å²) in [6.07, 6.45) is 2.87. The van der Waals surface area contributed by atoms with Gasteiger partial charge in [-0.2, -0.15) is 0 Å². The molecule has 0 saturated heterocycles. The largest absolute Gasteiger partial charge is 0.490 e. The van der Waals surface area contributed by atoms with Crippen LogP contribution >= 0.6 is 11.6 Å². The first-order valence-corrected chi connectivity index (χ1v) is 8.58. The number of ether oxygens (including phenoxy) is 1. The fourth-order valence-corrected chi connectivity index (χ4v) is 3.05. The number of carboxylic acids is 1. The smallest absolute Gasteiger partial charge is 0.328 e. The maximum Gasteiger partial charge on any atom is 0.328 e. The average Bonchev–Trinajstić information content (AvgIpc) is 2.38. The second-order valence-electron chi connectivity index (χ2n) is 4.33. The summed E-state index contributed by atoms with van der Waals surface area (Å²) >= 11 is 6.00. The van der Waals surface area contributed by atoms with Gasteiger partial charge in [-0.15, -0.1) is 0 Å². The van der Waals surface area contributed by atoms with Crippen molar-refractivity contribution in [1.82, 2.24) is 0 Å². The average molecular weight is 333 g/mol. The van der Waals surface area contributed by atoms with Crippen molar-refractivity contribution in [2.75, 3.05) is 18.1 Å². The maximum atomic E-state index is 11.6. The van der Waals surface area contributed by atoms with E-state index in [4.69, 9.17) is 21.4 Å². The molecule has 0 atom stereocenters. The van der Waals surface area contributed by atoms with Gasteiger partial charge < -0.3 is 9.84 Å². The van der Waals surface area contributed by atoms with Crippen LogP contribution in [0.5, 0.6) is 5.75 Å². The Morgan fingerprint density at radius 3 is 2.71 bits per heavy atom. The Morgan fingerprint density at radius 1 is 1.38 bits per heavy atom. The molecule has 0 amide bonds. The summed E-state index contributed by atoms with van der Waals surface area (Å²) in [6, 6.07) is 4.89. The van der Waals surface area contributed by atoms with Gasteiger partial charge in [0.25, 0.3) is 0 Å². The summed E-state index contributed by atoms with van der Waals surface area (Å²) in [4.78, 5) is 10.5. The Kier molecular flexibility index (Phi) is 6.71. The van der Waals surface area contributed by atoms with Crippen LogP contribution in [0.3, 0.4) is 0 Å². The lowest BCUT2D eigenvalue weighted by atomic mass is 10.2. The van der Waals surface area contributed by atoms with E-state index in [-0.39, 0.29) is 23.9 Å². The number of para-hydroxylation sites is 1. The van der Waals surface area contributed by atoms with E-state index < -0.39 is 15.8 Å². The Bertz CT molecular complexity index is 622. The van der Waals surface area contributed by atoms with Crippen molar-refractivity contribution < 1.29 is 23.1 Å². The maximum absolute atomic E-state index is 11.6. The van der Waals surface area contributed by atoms with Crippen molar-refractivity contribution in [3.8, 4) is 5.75 Å². The summed E-state index contributed by atoms with van der Waals surface area (Å²) in [6.45, 7) is 1.77. The number of sulfone groups is 1. The van der Waals surface area contributed by atoms with E-state index >= 15 is 0 Å². The highest BCUT2D eigenvalue weighted by Gasteiger charge is 2.12. The van der Waals surface area contributed by atoms with E-state index in [2.05, 4.69) is 0 Å². The summed E-state index contributed by atoms with van der Waals surface area (Å²) in [5, 5.41) is 8.94. The van der Waals surface area contributed by atoms with Gasteiger partial charge in [-0.25, -0.2) is 13.2 Å². The van der Waals surface area contributed by atoms with Gasteiger partial charge >= 0.3 is 5.97 Å². The van der Waals surface area contributed by atoms with Gasteiger partial charge in [0, 0.05) is 11.6 Å². The fraction of sp³-hybridized carbons (Fsp3) is 0.357. The van der Waals surface area contributed by atoms with Gasteiger partial charge in [0.2, 0.25) is 0 Å². The topological polar surface area (TPSA) is 80.7 Å². The van der Waals surface area contributed by atoms with Crippen LogP contribution in [0.4, 0.5) is 0 Å². The summed E-state index contributed by atoms with van der Waals surface area (Å²) in [7, 11) is -3.13. The van der Waals surface area contributed by atoms with Gasteiger partial charge in [-0.05, 0) is 18.6 Å². The third-order valence-corrected chi connectivity index (χ3v) is 4.68. The van der Waals surface area contributed by atoms with Gasteiger partial charge in [-0.1, -0.05) is 30.7 Å². The van der Waals surface area contributed by atoms with Gasteiger partial charge in [0.1, 0.15) is 12.4 Å². The molecule has 0 saturated carbocycles. The minimum absolute atomic E-state index is 0.0278. The van der Waals surface area contributed by atoms with Crippen LogP contribution in [-0.4, -0.2) is 37.6 Å². The van der Waals surface area contributed by atoms with Crippen molar-refractivity contribution in [1.29, 1.82) is 0 Å². The molecule has 0 fully saturated rings. The molecule has 0 unspecified atom stereocenters. The van der Waals surface area contributed by atoms with Crippen molar-refractivity contribution in [3.05, 3.63) is 34.9 Å². The van der Waals surface area contributed by atoms with Crippen LogP contribution in [0.1, 0.15) is 18.9 Å². The minimum atomic E-state index is -3.13. The molecule has 0 radical (unpaired) electrons. The van der Waals surface area contributed by atoms with Crippen molar-refractivity contribution in [2.45, 2.75) is 13.3 Å². The molecule has 7 heteroatoms. The predicted molar refractivity (Wildman–Crippen MR) is 82.6 cm³/mol. The summed E-state index contributed by atoms with van der Waals surface area (Å²) in [5.74, 6) is -0.798. The summed E-state index contributed by atoms with van der Waals surface area (Å²) < 4.78 is 28.6. The molecule has 0 aliphatic heterocycles. The zero-order valence-corrected chi connectivity index (χ0v) is 13.2. The molecule has 0 aliphatic carbocycles. The standard InChI is InChI=1S/C14H17ClO5S/c1-2-9-21(18,19)10-8-20-14-11(6-7-13(16)17)4-3-5-12(14)15/h3-7H,2,8-10H2,1H3,(H,16,17)/b7-6+. The first-order chi connectivity index (χ1) is 9.85. The molecule has 1 N–H and O–H groups in total. The van der Waals surface area contributed by atoms with Crippen LogP contribution in [0.2, 0.25) is 5.02 Å². The highest BCUT2D eigenvalue weighted by molar-refractivity contribution is 7.91. The molecule has 1 rings (SSSR count). The molecular weight excluding hydrogens is 316 g/mol. The quantitative estimate of drug-likeness (QED) is 0.740. The minimum Gasteiger partial charge on any atom is -0.490 e. The van der Waals surface area contributed by atoms with Crippen LogP contribution < -0.4 is 4.74 Å². The number of carboxylic acid groups (broad SMARTS) is 1. The number of rotatable bonds is 8. The molecule has 116 valence electrons. The first kappa shape index (κ1) is 17.5. The number of hydrogen-bond acceptors (Lipinski definition) is 4. The molecule has 21 heavy (non-hydrogen) atoms. The summed E-state index contributed by atoms with van der Waals surface area (Å²) in [5.41, 5.74) is 0.484. The molecular formula is C14H17ClO5S. The van der Waals surface area contributed by atoms with Crippen LogP contribution in [0.15, 0.2) is 24.3 Å². The Labute approximate surface area is 129 Å². The Balaban J connectivity index is 2.81. The number of benzene rings is 1. The number of carbonyl (C=O) groups is 1. The third kappa shape index (κ3) is 6.18. The van der Waals surface area contributed by atoms with Crippen molar-refractivity contribution in [2.24, 2.45) is 0 Å². The fourth-order valence-electron chi connectivity index (χ4n) is 1.65. The van der Waals surface area contributed by atoms with E-state index in [1.165, 1.54) is 6.08 Å². The monoisotopic (exact) mass is 332 g/mol. The van der Waals surface area contributed by atoms with Gasteiger partial charge in [-0.3, -0.25) is 0 Å². The van der Waals surface area contributed by atoms with E-state index in [1.54, 1.807) is 25.1 Å². The first-order valence-electron chi connectivity index (χ1n) is 6.38. The van der Waals surface area contributed by atoms with Crippen molar-refractivity contribution >= 4 is 33.5 Å². The van der Waals surface area contributed by atoms with E-state index in [0.29, 0.717) is 17.0 Å². The van der Waals surface area contributed by atoms with Crippen LogP contribution in [0.25, 0.3) is 6.08 Å². The zero-order valence-electron chi connectivity index (χ0n) is 11.6. The second kappa shape index (κ2) is 8.05. The lowest BCUT2D eigenvalue weighted by Gasteiger charge is -2.11. The number of aliphatic carboxylic acids is 1. The number of halogens is 1. The highest BCUT2D eigenvalue weighted by Crippen LogP contribution is 2.29. The molecule has 1 aromatic carbocycles. The molecule has 0 bridgehead atoms. The second-order valence-corrected chi connectivity index (χ2v) is 7.04. The lowest BCUT2D eigenvalue weighted by molar-refractivity contribution is -0.131. The van der Waals surface area contributed by atoms with Crippen molar-refractivity contribution in [3.63, 3.8) is 0 Å². The zero-order chi connectivity index (χ0) is 15.9. The normalized spacial score (nSPS) is 11.7. The van der Waals surface area contributed by atoms with E-state index in [9.17, 15) is 13.2 Å².